The van der Waals surface area contributed by atoms with Crippen molar-refractivity contribution < 1.29 is 0 Å². The molecule has 7 heteroatoms. The van der Waals surface area contributed by atoms with E-state index in [-0.39, 0.29) is 0 Å². The molecule has 3 heterocycles. The summed E-state index contributed by atoms with van der Waals surface area (Å²) in [6.07, 6.45) is 5.95. The maximum Gasteiger partial charge on any atom is 0.154 e. The molecule has 0 saturated heterocycles. The maximum absolute atomic E-state index is 6.43. The number of hydrogen-bond donors (Lipinski definition) is 0. The minimum absolute atomic E-state index is 0.632. The van der Waals surface area contributed by atoms with E-state index in [2.05, 4.69) is 30.1 Å². The number of thioether (sulfide) groups is 1. The molecule has 0 radical (unpaired) electrons. The average Bonchev–Trinajstić information content (AvgIpc) is 3.30. The first kappa shape index (κ1) is 19.5. The van der Waals surface area contributed by atoms with Crippen LogP contribution in [0.2, 0.25) is 10.0 Å². The van der Waals surface area contributed by atoms with Gasteiger partial charge in [0.2, 0.25) is 0 Å². The van der Waals surface area contributed by atoms with Gasteiger partial charge in [-0.05, 0) is 62.1 Å². The number of thiophene rings is 1. The van der Waals surface area contributed by atoms with Crippen LogP contribution in [-0.4, -0.2) is 20.8 Å². The molecule has 0 amide bonds. The Morgan fingerprint density at radius 3 is 2.57 bits per heavy atom. The van der Waals surface area contributed by atoms with Crippen LogP contribution in [0.15, 0.2) is 53.8 Å². The third-order valence-electron chi connectivity index (χ3n) is 4.33. The van der Waals surface area contributed by atoms with Gasteiger partial charge in [-0.1, -0.05) is 23.2 Å². The highest BCUT2D eigenvalue weighted by Gasteiger charge is 2.16. The first-order valence-corrected chi connectivity index (χ1v) is 11.4. The predicted octanol–water partition coefficient (Wildman–Crippen LogP) is 7.31. The number of benzene rings is 1. The fourth-order valence-electron chi connectivity index (χ4n) is 3.05. The van der Waals surface area contributed by atoms with Crippen LogP contribution in [0, 0.1) is 13.8 Å². The molecule has 28 heavy (non-hydrogen) atoms. The highest BCUT2D eigenvalue weighted by Crippen LogP contribution is 2.37. The lowest BCUT2D eigenvalue weighted by Gasteiger charge is -2.09. The van der Waals surface area contributed by atoms with Gasteiger partial charge in [-0.3, -0.25) is 4.57 Å². The number of nitrogens with zero attached hydrogens (tertiary/aromatic N) is 3. The summed E-state index contributed by atoms with van der Waals surface area (Å²) in [5, 5.41) is 2.33. The van der Waals surface area contributed by atoms with Gasteiger partial charge in [0.05, 0.1) is 26.3 Å². The molecule has 0 aliphatic rings. The van der Waals surface area contributed by atoms with Crippen LogP contribution in [-0.2, 0) is 0 Å². The predicted molar refractivity (Wildman–Crippen MR) is 121 cm³/mol. The molecule has 142 valence electrons. The monoisotopic (exact) mass is 445 g/mol. The van der Waals surface area contributed by atoms with Crippen molar-refractivity contribution in [2.45, 2.75) is 18.9 Å². The lowest BCUT2D eigenvalue weighted by Crippen LogP contribution is -1.96. The van der Waals surface area contributed by atoms with E-state index in [1.54, 1.807) is 35.2 Å². The molecule has 3 aromatic heterocycles. The van der Waals surface area contributed by atoms with Gasteiger partial charge >= 0.3 is 0 Å². The van der Waals surface area contributed by atoms with Crippen LogP contribution in [0.1, 0.15) is 11.3 Å². The number of aromatic nitrogens is 3. The molecule has 0 spiro atoms. The summed E-state index contributed by atoms with van der Waals surface area (Å²) in [4.78, 5) is 11.5. The standard InChI is InChI=1S/C21H17Cl2N3S2/c1-12-8-14(10-24-21(12)27-3)18-6-7-19(28-18)20-25-13(2)11-26(20)17-9-15(22)4-5-16(17)23/h4-11H,1-3H3. The van der Waals surface area contributed by atoms with E-state index in [0.717, 1.165) is 37.5 Å². The van der Waals surface area contributed by atoms with Gasteiger partial charge < -0.3 is 0 Å². The van der Waals surface area contributed by atoms with E-state index >= 15 is 0 Å². The van der Waals surface area contributed by atoms with Crippen molar-refractivity contribution in [1.82, 2.24) is 14.5 Å². The van der Waals surface area contributed by atoms with E-state index in [0.29, 0.717) is 10.0 Å². The third-order valence-corrected chi connectivity index (χ3v) is 6.83. The summed E-state index contributed by atoms with van der Waals surface area (Å²) in [6, 6.07) is 11.8. The highest BCUT2D eigenvalue weighted by molar-refractivity contribution is 7.98. The smallest absolute Gasteiger partial charge is 0.154 e. The number of aryl methyl sites for hydroxylation is 2. The van der Waals surface area contributed by atoms with Gasteiger partial charge in [0, 0.05) is 27.9 Å². The number of rotatable bonds is 4. The Morgan fingerprint density at radius 1 is 1.04 bits per heavy atom. The minimum Gasteiger partial charge on any atom is -0.297 e. The molecule has 1 aromatic carbocycles. The Labute approximate surface area is 182 Å². The molecular weight excluding hydrogens is 429 g/mol. The fourth-order valence-corrected chi connectivity index (χ4v) is 4.94. The second-order valence-electron chi connectivity index (χ2n) is 6.39. The molecular formula is C21H17Cl2N3S2. The zero-order chi connectivity index (χ0) is 19.8. The molecule has 0 unspecified atom stereocenters. The minimum atomic E-state index is 0.632. The number of pyridine rings is 1. The molecule has 4 aromatic rings. The molecule has 0 atom stereocenters. The molecule has 0 bridgehead atoms. The molecule has 0 aliphatic heterocycles. The third kappa shape index (κ3) is 3.72. The van der Waals surface area contributed by atoms with Gasteiger partial charge in [-0.15, -0.1) is 23.1 Å². The van der Waals surface area contributed by atoms with Gasteiger partial charge in [-0.25, -0.2) is 9.97 Å². The molecule has 4 rings (SSSR count). The Hall–Kier alpha value is -1.79. The van der Waals surface area contributed by atoms with Crippen LogP contribution >= 0.6 is 46.3 Å². The van der Waals surface area contributed by atoms with Crippen LogP contribution < -0.4 is 0 Å². The maximum atomic E-state index is 6.43. The SMILES string of the molecule is CSc1ncc(-c2ccc(-c3nc(C)cn3-c3cc(Cl)ccc3Cl)s2)cc1C. The zero-order valence-corrected chi connectivity index (χ0v) is 18.7. The van der Waals surface area contributed by atoms with Crippen LogP contribution in [0.25, 0.3) is 26.8 Å². The first-order valence-electron chi connectivity index (χ1n) is 8.59. The Balaban J connectivity index is 1.78. The van der Waals surface area contributed by atoms with Crippen molar-refractivity contribution >= 4 is 46.3 Å². The molecule has 0 N–H and O–H groups in total. The molecule has 0 saturated carbocycles. The van der Waals surface area contributed by atoms with E-state index in [1.807, 2.05) is 36.2 Å². The van der Waals surface area contributed by atoms with Crippen molar-refractivity contribution in [3.05, 3.63) is 70.1 Å². The largest absolute Gasteiger partial charge is 0.297 e. The molecule has 0 fully saturated rings. The van der Waals surface area contributed by atoms with E-state index < -0.39 is 0 Å². The first-order chi connectivity index (χ1) is 13.5. The van der Waals surface area contributed by atoms with Crippen molar-refractivity contribution in [2.75, 3.05) is 6.26 Å². The second-order valence-corrected chi connectivity index (χ2v) is 9.11. The van der Waals surface area contributed by atoms with E-state index in [9.17, 15) is 0 Å². The van der Waals surface area contributed by atoms with E-state index in [4.69, 9.17) is 28.2 Å². The zero-order valence-electron chi connectivity index (χ0n) is 15.5. The van der Waals surface area contributed by atoms with Crippen molar-refractivity contribution in [1.29, 1.82) is 0 Å². The van der Waals surface area contributed by atoms with Gasteiger partial charge in [0.25, 0.3) is 0 Å². The van der Waals surface area contributed by atoms with Crippen molar-refractivity contribution in [2.24, 2.45) is 0 Å². The lowest BCUT2D eigenvalue weighted by atomic mass is 10.2. The number of imidazole rings is 1. The second kappa shape index (κ2) is 7.91. The van der Waals surface area contributed by atoms with Crippen molar-refractivity contribution in [3.8, 4) is 26.8 Å². The van der Waals surface area contributed by atoms with Gasteiger partial charge in [0.1, 0.15) is 0 Å². The number of hydrogen-bond acceptors (Lipinski definition) is 4. The fraction of sp³-hybridized carbons (Fsp3) is 0.143. The molecule has 0 aliphatic carbocycles. The lowest BCUT2D eigenvalue weighted by molar-refractivity contribution is 1.07. The van der Waals surface area contributed by atoms with Crippen LogP contribution in [0.5, 0.6) is 0 Å². The van der Waals surface area contributed by atoms with Gasteiger partial charge in [0.15, 0.2) is 5.82 Å². The number of halogens is 2. The Bertz CT molecular complexity index is 1160. The summed E-state index contributed by atoms with van der Waals surface area (Å²) in [6.45, 7) is 4.06. The topological polar surface area (TPSA) is 30.7 Å². The summed E-state index contributed by atoms with van der Waals surface area (Å²) < 4.78 is 2.00. The van der Waals surface area contributed by atoms with Crippen LogP contribution in [0.3, 0.4) is 0 Å². The summed E-state index contributed by atoms with van der Waals surface area (Å²) in [5.41, 5.74) is 4.04. The summed E-state index contributed by atoms with van der Waals surface area (Å²) in [5.74, 6) is 0.850. The summed E-state index contributed by atoms with van der Waals surface area (Å²) in [7, 11) is 0. The normalized spacial score (nSPS) is 11.2. The van der Waals surface area contributed by atoms with E-state index in [1.165, 1.54) is 5.56 Å². The summed E-state index contributed by atoms with van der Waals surface area (Å²) >= 11 is 16.0. The average molecular weight is 446 g/mol. The Morgan fingerprint density at radius 2 is 1.82 bits per heavy atom. The molecule has 3 nitrogen and oxygen atoms in total. The van der Waals surface area contributed by atoms with Gasteiger partial charge in [-0.2, -0.15) is 0 Å². The Kier molecular flexibility index (Phi) is 5.52. The quantitative estimate of drug-likeness (QED) is 0.308. The van der Waals surface area contributed by atoms with Crippen LogP contribution in [0.4, 0.5) is 0 Å². The highest BCUT2D eigenvalue weighted by atomic mass is 35.5. The van der Waals surface area contributed by atoms with Crippen molar-refractivity contribution in [3.63, 3.8) is 0 Å².